The molecular weight excluding hydrogens is 342 g/mol. The number of anilines is 1. The molecule has 0 radical (unpaired) electrons. The molecule has 4 nitrogen and oxygen atoms in total. The molecule has 2 rings (SSSR count). The quantitative estimate of drug-likeness (QED) is 0.661. The van der Waals surface area contributed by atoms with Crippen LogP contribution in [0.15, 0.2) is 28.1 Å². The minimum atomic E-state index is -1.25. The summed E-state index contributed by atoms with van der Waals surface area (Å²) in [7, 11) is 0. The third-order valence-electron chi connectivity index (χ3n) is 2.39. The van der Waals surface area contributed by atoms with E-state index in [0.29, 0.717) is 0 Å². The summed E-state index contributed by atoms with van der Waals surface area (Å²) in [4.78, 5) is 10.9. The lowest BCUT2D eigenvalue weighted by Gasteiger charge is -2.08. The van der Waals surface area contributed by atoms with Gasteiger partial charge in [0.1, 0.15) is 0 Å². The van der Waals surface area contributed by atoms with Crippen molar-refractivity contribution in [2.24, 2.45) is 0 Å². The second kappa shape index (κ2) is 5.62. The molecular formula is C11H7BrF2N2O2S. The second-order valence-electron chi connectivity index (χ2n) is 3.56. The van der Waals surface area contributed by atoms with Crippen LogP contribution >= 0.6 is 27.3 Å². The lowest BCUT2D eigenvalue weighted by molar-refractivity contribution is -0.384. The first-order valence-electron chi connectivity index (χ1n) is 5.09. The third-order valence-corrected chi connectivity index (χ3v) is 4.31. The summed E-state index contributed by atoms with van der Waals surface area (Å²) in [5.41, 5.74) is -0.933. The van der Waals surface area contributed by atoms with Gasteiger partial charge in [-0.1, -0.05) is 0 Å². The van der Waals surface area contributed by atoms with Crippen LogP contribution in [-0.4, -0.2) is 4.92 Å². The number of hydrogen-bond donors (Lipinski definition) is 1. The Morgan fingerprint density at radius 2 is 2.11 bits per heavy atom. The normalized spacial score (nSPS) is 10.5. The summed E-state index contributed by atoms with van der Waals surface area (Å²) >= 11 is 4.69. The molecule has 0 atom stereocenters. The largest absolute Gasteiger partial charge is 0.372 e. The first-order chi connectivity index (χ1) is 9.00. The van der Waals surface area contributed by atoms with Crippen molar-refractivity contribution in [3.63, 3.8) is 0 Å². The Bertz CT molecular complexity index is 633. The summed E-state index contributed by atoms with van der Waals surface area (Å²) in [5.74, 6) is -2.37. The van der Waals surface area contributed by atoms with Crippen LogP contribution in [0.5, 0.6) is 0 Å². The zero-order valence-electron chi connectivity index (χ0n) is 9.32. The molecule has 1 heterocycles. The predicted octanol–water partition coefficient (Wildman–Crippen LogP) is 4.31. The molecule has 0 aliphatic carbocycles. The number of benzene rings is 1. The lowest BCUT2D eigenvalue weighted by Crippen LogP contribution is -2.05. The van der Waals surface area contributed by atoms with Crippen molar-refractivity contribution in [3.05, 3.63) is 54.7 Å². The maximum Gasteiger partial charge on any atom is 0.295 e. The molecule has 19 heavy (non-hydrogen) atoms. The van der Waals surface area contributed by atoms with Gasteiger partial charge in [0.05, 0.1) is 11.5 Å². The molecule has 1 aromatic heterocycles. The van der Waals surface area contributed by atoms with Gasteiger partial charge in [0.15, 0.2) is 17.3 Å². The van der Waals surface area contributed by atoms with Crippen LogP contribution in [0.4, 0.5) is 20.2 Å². The number of nitrogens with zero attached hydrogens (tertiary/aromatic N) is 1. The summed E-state index contributed by atoms with van der Waals surface area (Å²) in [5, 5.41) is 15.2. The molecule has 0 saturated carbocycles. The first kappa shape index (κ1) is 13.9. The Balaban J connectivity index is 2.31. The van der Waals surface area contributed by atoms with Crippen LogP contribution in [0.25, 0.3) is 0 Å². The highest BCUT2D eigenvalue weighted by molar-refractivity contribution is 9.10. The molecule has 0 spiro atoms. The number of rotatable bonds is 4. The van der Waals surface area contributed by atoms with Gasteiger partial charge < -0.3 is 5.32 Å². The number of halogens is 3. The Morgan fingerprint density at radius 1 is 1.37 bits per heavy atom. The maximum absolute atomic E-state index is 13.6. The van der Waals surface area contributed by atoms with Crippen LogP contribution in [-0.2, 0) is 6.54 Å². The lowest BCUT2D eigenvalue weighted by atomic mass is 10.2. The number of hydrogen-bond acceptors (Lipinski definition) is 4. The number of nitro benzene ring substituents is 1. The average molecular weight is 349 g/mol. The molecule has 1 N–H and O–H groups in total. The van der Waals surface area contributed by atoms with E-state index in [0.717, 1.165) is 21.5 Å². The number of nitrogens with one attached hydrogen (secondary N) is 1. The van der Waals surface area contributed by atoms with E-state index in [-0.39, 0.29) is 6.54 Å². The summed E-state index contributed by atoms with van der Waals surface area (Å²) in [6.45, 7) is 0.166. The highest BCUT2D eigenvalue weighted by atomic mass is 79.9. The molecule has 0 aliphatic rings. The number of nitro groups is 1. The Hall–Kier alpha value is -1.54. The van der Waals surface area contributed by atoms with E-state index < -0.39 is 27.9 Å². The molecule has 0 bridgehead atoms. The van der Waals surface area contributed by atoms with Crippen molar-refractivity contribution < 1.29 is 13.7 Å². The SMILES string of the molecule is O=[N+]([O-])c1ccc(F)c(F)c1NCc1sccc1Br. The average Bonchev–Trinajstić information content (AvgIpc) is 2.76. The maximum atomic E-state index is 13.6. The van der Waals surface area contributed by atoms with E-state index in [1.54, 1.807) is 6.07 Å². The molecule has 100 valence electrons. The fraction of sp³-hybridized carbons (Fsp3) is 0.0909. The van der Waals surface area contributed by atoms with Gasteiger partial charge in [-0.2, -0.15) is 0 Å². The van der Waals surface area contributed by atoms with E-state index in [1.165, 1.54) is 11.3 Å². The van der Waals surface area contributed by atoms with E-state index in [1.807, 2.05) is 5.38 Å². The molecule has 0 amide bonds. The molecule has 0 aliphatic heterocycles. The predicted molar refractivity (Wildman–Crippen MR) is 72.4 cm³/mol. The molecule has 0 saturated heterocycles. The molecule has 2 aromatic rings. The van der Waals surface area contributed by atoms with Crippen LogP contribution < -0.4 is 5.32 Å². The Morgan fingerprint density at radius 3 is 2.68 bits per heavy atom. The third kappa shape index (κ3) is 2.90. The monoisotopic (exact) mass is 348 g/mol. The van der Waals surface area contributed by atoms with Gasteiger partial charge >= 0.3 is 0 Å². The fourth-order valence-corrected chi connectivity index (χ4v) is 2.91. The van der Waals surface area contributed by atoms with Crippen molar-refractivity contribution >= 4 is 38.6 Å². The smallest absolute Gasteiger partial charge is 0.295 e. The minimum Gasteiger partial charge on any atom is -0.372 e. The minimum absolute atomic E-state index is 0.166. The van der Waals surface area contributed by atoms with E-state index in [9.17, 15) is 18.9 Å². The molecule has 1 aromatic carbocycles. The van der Waals surface area contributed by atoms with Gasteiger partial charge in [0.25, 0.3) is 5.69 Å². The van der Waals surface area contributed by atoms with Gasteiger partial charge in [-0.3, -0.25) is 10.1 Å². The Labute approximate surface area is 119 Å². The van der Waals surface area contributed by atoms with Crippen LogP contribution in [0.2, 0.25) is 0 Å². The van der Waals surface area contributed by atoms with Gasteiger partial charge in [-0.15, -0.1) is 11.3 Å². The van der Waals surface area contributed by atoms with Gasteiger partial charge in [0.2, 0.25) is 0 Å². The highest BCUT2D eigenvalue weighted by Crippen LogP contribution is 2.31. The summed E-state index contributed by atoms with van der Waals surface area (Å²) in [6, 6.07) is 3.47. The highest BCUT2D eigenvalue weighted by Gasteiger charge is 2.21. The molecule has 0 fully saturated rings. The standard InChI is InChI=1S/C11H7BrF2N2O2S/c12-6-3-4-19-9(6)5-15-11-8(16(17)18)2-1-7(13)10(11)14/h1-4,15H,5H2. The van der Waals surface area contributed by atoms with Gasteiger partial charge in [0, 0.05) is 15.4 Å². The van der Waals surface area contributed by atoms with Crippen molar-refractivity contribution in [1.82, 2.24) is 0 Å². The van der Waals surface area contributed by atoms with Gasteiger partial charge in [-0.25, -0.2) is 8.78 Å². The zero-order valence-corrected chi connectivity index (χ0v) is 11.7. The topological polar surface area (TPSA) is 55.2 Å². The summed E-state index contributed by atoms with van der Waals surface area (Å²) < 4.78 is 27.5. The first-order valence-corrected chi connectivity index (χ1v) is 6.76. The van der Waals surface area contributed by atoms with E-state index in [4.69, 9.17) is 0 Å². The van der Waals surface area contributed by atoms with Crippen molar-refractivity contribution in [2.75, 3.05) is 5.32 Å². The molecule has 0 unspecified atom stereocenters. The zero-order chi connectivity index (χ0) is 14.0. The van der Waals surface area contributed by atoms with Crippen molar-refractivity contribution in [2.45, 2.75) is 6.54 Å². The van der Waals surface area contributed by atoms with E-state index >= 15 is 0 Å². The van der Waals surface area contributed by atoms with Crippen molar-refractivity contribution in [3.8, 4) is 0 Å². The Kier molecular flexibility index (Phi) is 4.11. The van der Waals surface area contributed by atoms with E-state index in [2.05, 4.69) is 21.2 Å². The van der Waals surface area contributed by atoms with Crippen LogP contribution in [0.1, 0.15) is 4.88 Å². The number of thiophene rings is 1. The van der Waals surface area contributed by atoms with Crippen LogP contribution in [0.3, 0.4) is 0 Å². The molecule has 8 heteroatoms. The van der Waals surface area contributed by atoms with Crippen molar-refractivity contribution in [1.29, 1.82) is 0 Å². The second-order valence-corrected chi connectivity index (χ2v) is 5.41. The van der Waals surface area contributed by atoms with Crippen LogP contribution in [0, 0.1) is 21.7 Å². The summed E-state index contributed by atoms with van der Waals surface area (Å²) in [6.07, 6.45) is 0. The fourth-order valence-electron chi connectivity index (χ4n) is 1.48. The van der Waals surface area contributed by atoms with Gasteiger partial charge in [-0.05, 0) is 33.4 Å².